The average Bonchev–Trinajstić information content (AvgIpc) is 2.95. The van der Waals surface area contributed by atoms with Gasteiger partial charge in [-0.1, -0.05) is 6.42 Å². The Morgan fingerprint density at radius 1 is 1.23 bits per heavy atom. The summed E-state index contributed by atoms with van der Waals surface area (Å²) in [6, 6.07) is -0.330. The molecule has 1 aliphatic heterocycles. The van der Waals surface area contributed by atoms with Gasteiger partial charge in [0.1, 0.15) is 0 Å². The summed E-state index contributed by atoms with van der Waals surface area (Å²) in [6.45, 7) is 2.25. The van der Waals surface area contributed by atoms with Crippen LogP contribution in [0.4, 0.5) is 0 Å². The lowest BCUT2D eigenvalue weighted by atomic mass is 9.97. The number of amides is 1. The summed E-state index contributed by atoms with van der Waals surface area (Å²) >= 11 is 0. The third kappa shape index (κ3) is 3.78. The number of nitrogens with zero attached hydrogens (tertiary/aromatic N) is 1. The molecule has 0 radical (unpaired) electrons. The molecule has 0 spiro atoms. The minimum Gasteiger partial charge on any atom is -0.481 e. The number of hydrogen-bond acceptors (Lipinski definition) is 4. The number of carboxylic acids is 1. The molecule has 8 heteroatoms. The van der Waals surface area contributed by atoms with Gasteiger partial charge in [0.25, 0.3) is 0 Å². The predicted molar refractivity (Wildman–Crippen MR) is 80.7 cm³/mol. The fourth-order valence-corrected chi connectivity index (χ4v) is 4.50. The highest BCUT2D eigenvalue weighted by Crippen LogP contribution is 2.27. The Bertz CT molecular complexity index is 533. The first-order valence-electron chi connectivity index (χ1n) is 7.86. The van der Waals surface area contributed by atoms with Gasteiger partial charge in [-0.2, -0.15) is 0 Å². The second-order valence-electron chi connectivity index (χ2n) is 6.09. The van der Waals surface area contributed by atoms with Gasteiger partial charge in [-0.05, 0) is 32.6 Å². The van der Waals surface area contributed by atoms with E-state index in [0.29, 0.717) is 32.2 Å². The Morgan fingerprint density at radius 2 is 1.95 bits per heavy atom. The first-order valence-corrected chi connectivity index (χ1v) is 9.47. The van der Waals surface area contributed by atoms with E-state index < -0.39 is 21.9 Å². The second-order valence-corrected chi connectivity index (χ2v) is 8.35. The fraction of sp³-hybridized carbons (Fsp3) is 0.857. The fourth-order valence-electron chi connectivity index (χ4n) is 3.32. The number of piperidine rings is 1. The molecule has 2 N–H and O–H groups in total. The van der Waals surface area contributed by atoms with Crippen molar-refractivity contribution in [2.24, 2.45) is 11.8 Å². The number of rotatable bonds is 5. The molecule has 1 saturated carbocycles. The van der Waals surface area contributed by atoms with E-state index in [0.717, 1.165) is 6.42 Å². The van der Waals surface area contributed by atoms with Gasteiger partial charge in [-0.15, -0.1) is 0 Å². The van der Waals surface area contributed by atoms with E-state index in [9.17, 15) is 18.0 Å². The zero-order valence-electron chi connectivity index (χ0n) is 12.8. The zero-order valence-corrected chi connectivity index (χ0v) is 13.6. The van der Waals surface area contributed by atoms with E-state index in [1.54, 1.807) is 6.92 Å². The van der Waals surface area contributed by atoms with E-state index in [-0.39, 0.29) is 30.2 Å². The molecule has 2 aliphatic rings. The Kier molecular flexibility index (Phi) is 5.44. The zero-order chi connectivity index (χ0) is 16.3. The summed E-state index contributed by atoms with van der Waals surface area (Å²) in [5.41, 5.74) is 0. The van der Waals surface area contributed by atoms with Crippen molar-refractivity contribution in [3.8, 4) is 0 Å². The molecule has 3 atom stereocenters. The van der Waals surface area contributed by atoms with Crippen LogP contribution in [0.25, 0.3) is 0 Å². The highest BCUT2D eigenvalue weighted by molar-refractivity contribution is 7.89. The van der Waals surface area contributed by atoms with Crippen molar-refractivity contribution in [3.05, 3.63) is 0 Å². The monoisotopic (exact) mass is 332 g/mol. The molecule has 1 unspecified atom stereocenters. The van der Waals surface area contributed by atoms with Crippen LogP contribution in [-0.2, 0) is 19.6 Å². The van der Waals surface area contributed by atoms with Crippen molar-refractivity contribution < 1.29 is 23.1 Å². The normalized spacial score (nSPS) is 30.1. The van der Waals surface area contributed by atoms with Crippen molar-refractivity contribution >= 4 is 21.9 Å². The largest absolute Gasteiger partial charge is 0.481 e. The van der Waals surface area contributed by atoms with Crippen LogP contribution in [0.2, 0.25) is 0 Å². The molecule has 1 aliphatic carbocycles. The van der Waals surface area contributed by atoms with E-state index in [2.05, 4.69) is 5.32 Å². The van der Waals surface area contributed by atoms with Crippen LogP contribution in [0.1, 0.15) is 39.0 Å². The summed E-state index contributed by atoms with van der Waals surface area (Å²) in [6.07, 6.45) is 3.35. The van der Waals surface area contributed by atoms with Gasteiger partial charge in [-0.25, -0.2) is 12.7 Å². The van der Waals surface area contributed by atoms with Crippen molar-refractivity contribution in [2.75, 3.05) is 18.8 Å². The lowest BCUT2D eigenvalue weighted by molar-refractivity contribution is -0.142. The number of sulfonamides is 1. The van der Waals surface area contributed by atoms with Crippen LogP contribution < -0.4 is 5.32 Å². The molecule has 0 bridgehead atoms. The van der Waals surface area contributed by atoms with E-state index in [1.807, 2.05) is 0 Å². The summed E-state index contributed by atoms with van der Waals surface area (Å²) in [7, 11) is -3.28. The number of carboxylic acid groups (broad SMARTS) is 1. The molecular weight excluding hydrogens is 308 g/mol. The van der Waals surface area contributed by atoms with Gasteiger partial charge >= 0.3 is 5.97 Å². The average molecular weight is 332 g/mol. The van der Waals surface area contributed by atoms with Crippen molar-refractivity contribution in [3.63, 3.8) is 0 Å². The van der Waals surface area contributed by atoms with Gasteiger partial charge in [-0.3, -0.25) is 9.59 Å². The molecular formula is C14H24N2O5S. The van der Waals surface area contributed by atoms with E-state index in [4.69, 9.17) is 5.11 Å². The summed E-state index contributed by atoms with van der Waals surface area (Å²) in [5, 5.41) is 12.0. The van der Waals surface area contributed by atoms with Gasteiger partial charge in [0.2, 0.25) is 15.9 Å². The lowest BCUT2D eigenvalue weighted by Gasteiger charge is -2.32. The number of carbonyl (C=O) groups is 2. The van der Waals surface area contributed by atoms with Crippen LogP contribution in [0, 0.1) is 11.8 Å². The van der Waals surface area contributed by atoms with Crippen LogP contribution in [0.15, 0.2) is 0 Å². The van der Waals surface area contributed by atoms with Gasteiger partial charge < -0.3 is 10.4 Å². The summed E-state index contributed by atoms with van der Waals surface area (Å²) in [4.78, 5) is 23.5. The molecule has 1 amide bonds. The van der Waals surface area contributed by atoms with Crippen molar-refractivity contribution in [1.82, 2.24) is 9.62 Å². The van der Waals surface area contributed by atoms with Crippen molar-refractivity contribution in [1.29, 1.82) is 0 Å². The Hall–Kier alpha value is -1.15. The molecule has 2 fully saturated rings. The smallest absolute Gasteiger partial charge is 0.308 e. The van der Waals surface area contributed by atoms with Crippen molar-refractivity contribution in [2.45, 2.75) is 45.1 Å². The number of hydrogen-bond donors (Lipinski definition) is 2. The van der Waals surface area contributed by atoms with E-state index in [1.165, 1.54) is 4.31 Å². The van der Waals surface area contributed by atoms with Crippen LogP contribution in [-0.4, -0.2) is 54.6 Å². The molecule has 2 rings (SSSR count). The maximum absolute atomic E-state index is 12.4. The Labute approximate surface area is 131 Å². The van der Waals surface area contributed by atoms with Gasteiger partial charge in [0.05, 0.1) is 17.6 Å². The number of nitrogens with one attached hydrogen (secondary N) is 1. The molecule has 0 aromatic rings. The molecule has 22 heavy (non-hydrogen) atoms. The molecule has 1 saturated heterocycles. The summed E-state index contributed by atoms with van der Waals surface area (Å²) < 4.78 is 25.2. The third-order valence-corrected chi connectivity index (χ3v) is 6.52. The highest BCUT2D eigenvalue weighted by Gasteiger charge is 2.37. The minimum absolute atomic E-state index is 0.0328. The quantitative estimate of drug-likeness (QED) is 0.759. The van der Waals surface area contributed by atoms with Crippen LogP contribution >= 0.6 is 0 Å². The maximum atomic E-state index is 12.4. The highest BCUT2D eigenvalue weighted by atomic mass is 32.2. The summed E-state index contributed by atoms with van der Waals surface area (Å²) in [5.74, 6) is -1.96. The Balaban J connectivity index is 1.96. The number of carbonyl (C=O) groups excluding carboxylic acids is 1. The SMILES string of the molecule is CCS(=O)(=O)N1CCCC(C(=O)N[C@@H]2CCC[C@@H]2C(=O)O)C1. The van der Waals surface area contributed by atoms with Crippen LogP contribution in [0.3, 0.4) is 0 Å². The van der Waals surface area contributed by atoms with E-state index >= 15 is 0 Å². The van der Waals surface area contributed by atoms with Gasteiger partial charge in [0.15, 0.2) is 0 Å². The van der Waals surface area contributed by atoms with Gasteiger partial charge in [0, 0.05) is 19.1 Å². The second kappa shape index (κ2) is 6.95. The molecule has 7 nitrogen and oxygen atoms in total. The molecule has 126 valence electrons. The molecule has 0 aromatic carbocycles. The van der Waals surface area contributed by atoms with Crippen LogP contribution in [0.5, 0.6) is 0 Å². The standard InChI is InChI=1S/C14H24N2O5S/c1-2-22(20,21)16-8-4-5-10(9-16)13(17)15-12-7-3-6-11(12)14(18)19/h10-12H,2-9H2,1H3,(H,15,17)(H,18,19)/t10?,11-,12+/m0/s1. The topological polar surface area (TPSA) is 104 Å². The Morgan fingerprint density at radius 3 is 2.59 bits per heavy atom. The number of aliphatic carboxylic acids is 1. The molecule has 1 heterocycles. The lowest BCUT2D eigenvalue weighted by Crippen LogP contribution is -2.49. The maximum Gasteiger partial charge on any atom is 0.308 e. The minimum atomic E-state index is -3.28. The first kappa shape index (κ1) is 17.2. The first-order chi connectivity index (χ1) is 10.3. The predicted octanol–water partition coefficient (Wildman–Crippen LogP) is 0.418. The molecule has 0 aromatic heterocycles. The third-order valence-electron chi connectivity index (χ3n) is 4.67.